The molecule has 2 aromatic rings. The number of hydrogen-bond acceptors (Lipinski definition) is 6. The van der Waals surface area contributed by atoms with Gasteiger partial charge in [-0.15, -0.1) is 0 Å². The first-order valence-electron chi connectivity index (χ1n) is 8.98. The molecule has 0 bridgehead atoms. The molecule has 0 saturated carbocycles. The molecule has 8 nitrogen and oxygen atoms in total. The van der Waals surface area contributed by atoms with Gasteiger partial charge in [0.1, 0.15) is 0 Å². The van der Waals surface area contributed by atoms with Crippen LogP contribution in [0.3, 0.4) is 0 Å². The first-order chi connectivity index (χ1) is 13.7. The van der Waals surface area contributed by atoms with Crippen LogP contribution in [0.5, 0.6) is 11.5 Å². The van der Waals surface area contributed by atoms with Gasteiger partial charge in [0.15, 0.2) is 23.8 Å². The Hall–Kier alpha value is -3.55. The zero-order chi connectivity index (χ0) is 19.5. The van der Waals surface area contributed by atoms with Crippen LogP contribution >= 0.6 is 0 Å². The Balaban J connectivity index is 1.40. The van der Waals surface area contributed by atoms with Gasteiger partial charge in [-0.25, -0.2) is 0 Å². The quantitative estimate of drug-likeness (QED) is 0.777. The summed E-state index contributed by atoms with van der Waals surface area (Å²) in [7, 11) is 0. The molecule has 0 radical (unpaired) electrons. The maximum absolute atomic E-state index is 12.6. The second-order valence-electron chi connectivity index (χ2n) is 6.30. The van der Waals surface area contributed by atoms with Crippen LogP contribution < -0.4 is 19.7 Å². The average molecular weight is 381 g/mol. The molecule has 2 aromatic carbocycles. The number of amides is 2. The fraction of sp³-hybridized carbons (Fsp3) is 0.250. The minimum Gasteiger partial charge on any atom is -0.454 e. The first kappa shape index (κ1) is 17.8. The van der Waals surface area contributed by atoms with Crippen molar-refractivity contribution in [2.24, 2.45) is 5.16 Å². The lowest BCUT2D eigenvalue weighted by Crippen LogP contribution is -2.31. The topological polar surface area (TPSA) is 89.5 Å². The van der Waals surface area contributed by atoms with Crippen LogP contribution in [0.15, 0.2) is 47.6 Å². The van der Waals surface area contributed by atoms with E-state index in [0.717, 1.165) is 12.1 Å². The van der Waals surface area contributed by atoms with Crippen LogP contribution in [0, 0.1) is 0 Å². The third-order valence-electron chi connectivity index (χ3n) is 4.35. The van der Waals surface area contributed by atoms with Crippen LogP contribution in [0.25, 0.3) is 0 Å². The highest BCUT2D eigenvalue weighted by molar-refractivity contribution is 6.54. The third kappa shape index (κ3) is 3.36. The van der Waals surface area contributed by atoms with Gasteiger partial charge in [-0.1, -0.05) is 30.3 Å². The van der Waals surface area contributed by atoms with Crippen LogP contribution in [-0.2, 0) is 14.4 Å². The Morgan fingerprint density at radius 1 is 1.21 bits per heavy atom. The Labute approximate surface area is 161 Å². The van der Waals surface area contributed by atoms with Gasteiger partial charge in [0.25, 0.3) is 11.8 Å². The van der Waals surface area contributed by atoms with Crippen molar-refractivity contribution in [3.05, 3.63) is 48.0 Å². The molecule has 2 aliphatic heterocycles. The van der Waals surface area contributed by atoms with Gasteiger partial charge >= 0.3 is 0 Å². The predicted octanol–water partition coefficient (Wildman–Crippen LogP) is 2.53. The summed E-state index contributed by atoms with van der Waals surface area (Å²) in [5.41, 5.74) is 2.28. The minimum absolute atomic E-state index is 0.165. The van der Waals surface area contributed by atoms with Gasteiger partial charge in [0.05, 0.1) is 5.69 Å². The second kappa shape index (κ2) is 7.59. The van der Waals surface area contributed by atoms with Gasteiger partial charge in [-0.05, 0) is 24.6 Å². The molecule has 144 valence electrons. The fourth-order valence-corrected chi connectivity index (χ4v) is 3.12. The standard InChI is InChI=1S/C20H19N3O5/c1-2-9-23-15-6-4-3-5-14(15)19(20(23)25)22-28-11-18(24)21-13-7-8-16-17(10-13)27-12-26-16/h3-8,10H,2,9,11-12H2,1H3,(H,21,24)/b22-19-. The summed E-state index contributed by atoms with van der Waals surface area (Å²) in [5.74, 6) is 0.588. The van der Waals surface area contributed by atoms with E-state index in [4.69, 9.17) is 14.3 Å². The van der Waals surface area contributed by atoms with E-state index < -0.39 is 5.91 Å². The van der Waals surface area contributed by atoms with Crippen molar-refractivity contribution in [1.29, 1.82) is 0 Å². The first-order valence-corrected chi connectivity index (χ1v) is 8.98. The molecule has 0 spiro atoms. The van der Waals surface area contributed by atoms with E-state index in [2.05, 4.69) is 10.5 Å². The highest BCUT2D eigenvalue weighted by Crippen LogP contribution is 2.34. The van der Waals surface area contributed by atoms with E-state index in [-0.39, 0.29) is 25.0 Å². The number of nitrogens with one attached hydrogen (secondary N) is 1. The Morgan fingerprint density at radius 2 is 2.04 bits per heavy atom. The third-order valence-corrected chi connectivity index (χ3v) is 4.35. The summed E-state index contributed by atoms with van der Waals surface area (Å²) in [6, 6.07) is 12.5. The monoisotopic (exact) mass is 381 g/mol. The van der Waals surface area contributed by atoms with E-state index in [9.17, 15) is 9.59 Å². The van der Waals surface area contributed by atoms with Crippen LogP contribution in [0.4, 0.5) is 11.4 Å². The lowest BCUT2D eigenvalue weighted by molar-refractivity contribution is -0.121. The van der Waals surface area contributed by atoms with Crippen molar-refractivity contribution in [1.82, 2.24) is 0 Å². The summed E-state index contributed by atoms with van der Waals surface area (Å²) in [5, 5.41) is 6.63. The van der Waals surface area contributed by atoms with Gasteiger partial charge in [0, 0.05) is 23.9 Å². The van der Waals surface area contributed by atoms with Gasteiger partial charge in [-0.2, -0.15) is 0 Å². The van der Waals surface area contributed by atoms with Crippen molar-refractivity contribution in [3.63, 3.8) is 0 Å². The summed E-state index contributed by atoms with van der Waals surface area (Å²) in [4.78, 5) is 31.6. The molecule has 2 heterocycles. The smallest absolute Gasteiger partial charge is 0.281 e. The normalized spacial score (nSPS) is 15.7. The number of carbonyl (C=O) groups is 2. The molecule has 0 fully saturated rings. The lowest BCUT2D eigenvalue weighted by atomic mass is 10.1. The fourth-order valence-electron chi connectivity index (χ4n) is 3.12. The molecule has 0 unspecified atom stereocenters. The maximum atomic E-state index is 12.6. The molecule has 8 heteroatoms. The van der Waals surface area contributed by atoms with E-state index in [1.165, 1.54) is 0 Å². The molecule has 0 saturated heterocycles. The average Bonchev–Trinajstić information content (AvgIpc) is 3.26. The molecule has 0 aliphatic carbocycles. The number of oxime groups is 1. The van der Waals surface area contributed by atoms with E-state index in [1.807, 2.05) is 31.2 Å². The number of benzene rings is 2. The molecule has 28 heavy (non-hydrogen) atoms. The highest BCUT2D eigenvalue weighted by Gasteiger charge is 2.33. The number of para-hydroxylation sites is 1. The molecular formula is C20H19N3O5. The molecule has 2 amide bonds. The summed E-state index contributed by atoms with van der Waals surface area (Å²) in [6.45, 7) is 2.44. The second-order valence-corrected chi connectivity index (χ2v) is 6.30. The molecule has 0 atom stereocenters. The summed E-state index contributed by atoms with van der Waals surface area (Å²) in [6.07, 6.45) is 0.826. The van der Waals surface area contributed by atoms with Crippen LogP contribution in [-0.4, -0.2) is 37.5 Å². The zero-order valence-corrected chi connectivity index (χ0v) is 15.3. The number of hydrogen-bond donors (Lipinski definition) is 1. The summed E-state index contributed by atoms with van der Waals surface area (Å²) < 4.78 is 10.5. The number of rotatable bonds is 6. The van der Waals surface area contributed by atoms with Crippen molar-refractivity contribution in [2.75, 3.05) is 30.2 Å². The number of fused-ring (bicyclic) bond motifs is 2. The Bertz CT molecular complexity index is 957. The number of carbonyl (C=O) groups excluding carboxylic acids is 2. The molecule has 4 rings (SSSR count). The zero-order valence-electron chi connectivity index (χ0n) is 15.3. The largest absolute Gasteiger partial charge is 0.454 e. The number of nitrogens with zero attached hydrogens (tertiary/aromatic N) is 2. The Kier molecular flexibility index (Phi) is 4.84. The van der Waals surface area contributed by atoms with E-state index in [1.54, 1.807) is 23.1 Å². The van der Waals surface area contributed by atoms with Gasteiger partial charge in [0.2, 0.25) is 6.79 Å². The highest BCUT2D eigenvalue weighted by atomic mass is 16.7. The van der Waals surface area contributed by atoms with Gasteiger partial charge in [-0.3, -0.25) is 9.59 Å². The van der Waals surface area contributed by atoms with Crippen molar-refractivity contribution < 1.29 is 23.9 Å². The number of anilines is 2. The Morgan fingerprint density at radius 3 is 2.89 bits per heavy atom. The van der Waals surface area contributed by atoms with E-state index in [0.29, 0.717) is 29.3 Å². The SMILES string of the molecule is CCCN1C(=O)/C(=N\OCC(=O)Nc2ccc3c(c2)OCO3)c2ccccc21. The van der Waals surface area contributed by atoms with Crippen molar-refractivity contribution >= 4 is 28.9 Å². The molecule has 0 aromatic heterocycles. The maximum Gasteiger partial charge on any atom is 0.281 e. The van der Waals surface area contributed by atoms with Gasteiger partial charge < -0.3 is 24.5 Å². The minimum atomic E-state index is -0.396. The van der Waals surface area contributed by atoms with Crippen LogP contribution in [0.1, 0.15) is 18.9 Å². The summed E-state index contributed by atoms with van der Waals surface area (Å²) >= 11 is 0. The van der Waals surface area contributed by atoms with E-state index >= 15 is 0 Å². The molecular weight excluding hydrogens is 362 g/mol. The van der Waals surface area contributed by atoms with Crippen molar-refractivity contribution in [3.8, 4) is 11.5 Å². The predicted molar refractivity (Wildman–Crippen MR) is 103 cm³/mol. The molecule has 2 aliphatic rings. The lowest BCUT2D eigenvalue weighted by Gasteiger charge is -2.14. The van der Waals surface area contributed by atoms with Crippen LogP contribution in [0.2, 0.25) is 0 Å². The number of ether oxygens (including phenoxy) is 2. The van der Waals surface area contributed by atoms with Crippen molar-refractivity contribution in [2.45, 2.75) is 13.3 Å². The molecule has 1 N–H and O–H groups in total.